The summed E-state index contributed by atoms with van der Waals surface area (Å²) in [6.45, 7) is 14.7. The van der Waals surface area contributed by atoms with Crippen LogP contribution >= 0.6 is 0 Å². The Morgan fingerprint density at radius 1 is 1.09 bits per heavy atom. The number of amides is 2. The van der Waals surface area contributed by atoms with Gasteiger partial charge in [-0.2, -0.15) is 4.99 Å². The number of carbonyl (C=O) groups excluding carboxylic acids is 1. The lowest BCUT2D eigenvalue weighted by atomic mass is 9.76. The Kier molecular flexibility index (Phi) is 17.7. The Balaban J connectivity index is 0.000000427. The van der Waals surface area contributed by atoms with Gasteiger partial charge in [0.2, 0.25) is 0 Å². The third-order valence-corrected chi connectivity index (χ3v) is 7.26. The molecule has 2 amide bonds. The van der Waals surface area contributed by atoms with Crippen LogP contribution in [-0.4, -0.2) is 76.6 Å². The number of nitrogens with zero attached hydrogens (tertiary/aromatic N) is 2. The van der Waals surface area contributed by atoms with Crippen LogP contribution in [0.1, 0.15) is 92.1 Å². The highest BCUT2D eigenvalue weighted by molar-refractivity contribution is 5.97. The molecular weight excluding hydrogens is 590 g/mol. The zero-order chi connectivity index (χ0) is 34.8. The topological polar surface area (TPSA) is 161 Å². The van der Waals surface area contributed by atoms with E-state index in [2.05, 4.69) is 62.2 Å². The molecule has 0 radical (unpaired) electrons. The highest BCUT2D eigenvalue weighted by Gasteiger charge is 2.42. The van der Waals surface area contributed by atoms with E-state index in [0.29, 0.717) is 5.41 Å². The van der Waals surface area contributed by atoms with Crippen LogP contribution < -0.4 is 10.5 Å². The van der Waals surface area contributed by atoms with Crippen molar-refractivity contribution in [2.75, 3.05) is 19.8 Å². The predicted molar refractivity (Wildman–Crippen MR) is 180 cm³/mol. The van der Waals surface area contributed by atoms with Gasteiger partial charge in [-0.1, -0.05) is 69.0 Å². The number of aryl methyl sites for hydroxylation is 1. The van der Waals surface area contributed by atoms with Gasteiger partial charge < -0.3 is 30.2 Å². The number of aliphatic carboxylic acids is 1. The zero-order valence-corrected chi connectivity index (χ0v) is 28.7. The third-order valence-electron chi connectivity index (χ3n) is 7.26. The van der Waals surface area contributed by atoms with Gasteiger partial charge in [-0.3, -0.25) is 4.90 Å². The van der Waals surface area contributed by atoms with E-state index in [1.165, 1.54) is 49.8 Å². The molecule has 1 aliphatic carbocycles. The van der Waals surface area contributed by atoms with Crippen molar-refractivity contribution in [3.8, 4) is 5.75 Å². The first-order valence-corrected chi connectivity index (χ1v) is 16.0. The second kappa shape index (κ2) is 20.3. The number of allylic oxidation sites excluding steroid dienone is 2. The summed E-state index contributed by atoms with van der Waals surface area (Å²) >= 11 is 0. The van der Waals surface area contributed by atoms with E-state index >= 15 is 0 Å². The summed E-state index contributed by atoms with van der Waals surface area (Å²) in [6.07, 6.45) is 12.4. The quantitative estimate of drug-likeness (QED) is 0.141. The summed E-state index contributed by atoms with van der Waals surface area (Å²) in [5.74, 6) is -0.316. The summed E-state index contributed by atoms with van der Waals surface area (Å²) in [6, 6.07) is 7.34. The zero-order valence-electron chi connectivity index (χ0n) is 28.7. The Morgan fingerprint density at radius 2 is 1.72 bits per heavy atom. The molecule has 2 atom stereocenters. The monoisotopic (exact) mass is 645 g/mol. The molecule has 1 aromatic carbocycles. The molecule has 4 N–H and O–H groups in total. The summed E-state index contributed by atoms with van der Waals surface area (Å²) in [5.41, 5.74) is 6.29. The fraction of sp³-hybridized carbons (Fsp3) is 0.600. The van der Waals surface area contributed by atoms with Crippen molar-refractivity contribution < 1.29 is 38.8 Å². The van der Waals surface area contributed by atoms with E-state index in [1.54, 1.807) is 20.8 Å². The summed E-state index contributed by atoms with van der Waals surface area (Å²) < 4.78 is 16.6. The lowest BCUT2D eigenvalue weighted by Gasteiger charge is -2.33. The molecule has 2 aliphatic rings. The number of hydrogen-bond donors (Lipinski definition) is 3. The highest BCUT2D eigenvalue weighted by Crippen LogP contribution is 2.36. The van der Waals surface area contributed by atoms with Gasteiger partial charge in [0.1, 0.15) is 23.2 Å². The number of carboxylic acids is 1. The number of benzene rings is 1. The Morgan fingerprint density at radius 3 is 2.22 bits per heavy atom. The second-order valence-electron chi connectivity index (χ2n) is 12.8. The molecule has 11 heteroatoms. The number of likely N-dealkylation sites (tertiary alicyclic amines) is 1. The minimum absolute atomic E-state index is 0.0645. The molecule has 1 unspecified atom stereocenters. The van der Waals surface area contributed by atoms with E-state index in [4.69, 9.17) is 25.1 Å². The van der Waals surface area contributed by atoms with Crippen LogP contribution in [0.3, 0.4) is 0 Å². The van der Waals surface area contributed by atoms with Gasteiger partial charge in [-0.25, -0.2) is 14.4 Å². The van der Waals surface area contributed by atoms with Crippen LogP contribution in [0, 0.1) is 12.3 Å². The molecule has 1 saturated carbocycles. The van der Waals surface area contributed by atoms with Gasteiger partial charge in [-0.15, -0.1) is 0 Å². The van der Waals surface area contributed by atoms with E-state index < -0.39 is 35.9 Å². The smallest absolute Gasteiger partial charge is 0.433 e. The maximum absolute atomic E-state index is 12.1. The maximum atomic E-state index is 12.1. The molecule has 1 aromatic rings. The number of hydrogen-bond acceptors (Lipinski definition) is 6. The van der Waals surface area contributed by atoms with Crippen LogP contribution in [0.15, 0.2) is 53.6 Å². The van der Waals surface area contributed by atoms with Gasteiger partial charge in [0, 0.05) is 11.8 Å². The standard InChI is InChI=1S/C15H23N3O7.C15H22O.C5H10/c1-15(2,3)25-14(23)18-8-9(7-10(18)12(19)20)24-6-4-5-11(16)17-13(21)22;1-13-6-8-14(9-7-13)16-12-15(2)10-4-3-5-11-15;1-3-5-4-2/h4-5,9-10H,6-8H2,1-3H3,(H2,16,17)(H,19,20)(H,21,22);6-9H,3-5,10-12H2,1-2H3;3,5H,4H2,1-2H3/b5-4+;;5-3-/t9-,10?;;/m0../s1. The lowest BCUT2D eigenvalue weighted by molar-refractivity contribution is -0.142. The maximum Gasteiger partial charge on any atom is 0.433 e. The number of rotatable bonds is 9. The number of amidine groups is 1. The number of nitrogens with two attached hydrogens (primary N) is 1. The van der Waals surface area contributed by atoms with Crippen molar-refractivity contribution in [1.82, 2.24) is 4.90 Å². The Bertz CT molecular complexity index is 1170. The molecule has 2 fully saturated rings. The van der Waals surface area contributed by atoms with Gasteiger partial charge in [0.05, 0.1) is 25.9 Å². The number of carboxylic acid groups (broad SMARTS) is 2. The first-order valence-electron chi connectivity index (χ1n) is 16.0. The molecule has 0 spiro atoms. The molecule has 258 valence electrons. The van der Waals surface area contributed by atoms with Crippen molar-refractivity contribution in [3.63, 3.8) is 0 Å². The van der Waals surface area contributed by atoms with Crippen molar-refractivity contribution in [2.45, 2.75) is 111 Å². The average molecular weight is 646 g/mol. The van der Waals surface area contributed by atoms with E-state index in [9.17, 15) is 19.5 Å². The summed E-state index contributed by atoms with van der Waals surface area (Å²) in [4.78, 5) is 38.0. The van der Waals surface area contributed by atoms with Crippen LogP contribution in [0.25, 0.3) is 0 Å². The number of ether oxygens (including phenoxy) is 3. The van der Waals surface area contributed by atoms with Crippen LogP contribution in [0.2, 0.25) is 0 Å². The van der Waals surface area contributed by atoms with Gasteiger partial charge in [-0.05, 0) is 72.1 Å². The third kappa shape index (κ3) is 17.0. The lowest BCUT2D eigenvalue weighted by Crippen LogP contribution is -2.43. The number of aliphatic imine (C=N–C) groups is 1. The Hall–Kier alpha value is -3.86. The normalized spacial score (nSPS) is 19.5. The van der Waals surface area contributed by atoms with Gasteiger partial charge in [0.15, 0.2) is 0 Å². The molecule has 11 nitrogen and oxygen atoms in total. The minimum atomic E-state index is -1.41. The van der Waals surface area contributed by atoms with Crippen molar-refractivity contribution >= 4 is 24.0 Å². The largest absolute Gasteiger partial charge is 0.493 e. The van der Waals surface area contributed by atoms with E-state index in [1.807, 2.05) is 6.92 Å². The van der Waals surface area contributed by atoms with Crippen LogP contribution in [0.5, 0.6) is 5.75 Å². The fourth-order valence-electron chi connectivity index (χ4n) is 4.86. The molecule has 1 aliphatic heterocycles. The molecule has 1 heterocycles. The second-order valence-corrected chi connectivity index (χ2v) is 12.8. The highest BCUT2D eigenvalue weighted by atomic mass is 16.6. The molecule has 0 bridgehead atoms. The predicted octanol–water partition coefficient (Wildman–Crippen LogP) is 7.37. The van der Waals surface area contributed by atoms with Gasteiger partial charge in [0.25, 0.3) is 0 Å². The fourth-order valence-corrected chi connectivity index (χ4v) is 4.86. The van der Waals surface area contributed by atoms with Crippen LogP contribution in [-0.2, 0) is 14.3 Å². The van der Waals surface area contributed by atoms with Crippen molar-refractivity contribution in [3.05, 3.63) is 54.1 Å². The molecule has 46 heavy (non-hydrogen) atoms. The molecule has 1 saturated heterocycles. The van der Waals surface area contributed by atoms with Crippen molar-refractivity contribution in [1.29, 1.82) is 0 Å². The van der Waals surface area contributed by atoms with Gasteiger partial charge >= 0.3 is 18.2 Å². The molecule has 3 rings (SSSR count). The molecule has 0 aromatic heterocycles. The van der Waals surface area contributed by atoms with E-state index in [-0.39, 0.29) is 25.4 Å². The Labute approximate surface area is 274 Å². The molecular formula is C35H55N3O8. The first-order chi connectivity index (χ1) is 21.6. The number of carbonyl (C=O) groups is 3. The summed E-state index contributed by atoms with van der Waals surface area (Å²) in [5, 5.41) is 17.7. The van der Waals surface area contributed by atoms with E-state index in [0.717, 1.165) is 23.7 Å². The van der Waals surface area contributed by atoms with Crippen LogP contribution in [0.4, 0.5) is 9.59 Å². The average Bonchev–Trinajstić information content (AvgIpc) is 3.41. The van der Waals surface area contributed by atoms with Crippen molar-refractivity contribution in [2.24, 2.45) is 16.1 Å². The SMILES string of the molecule is C/C=C\CC.CC(C)(C)OC(=O)N1C[C@@H](OC/C=C/C(N)=N/C(=O)O)CC1C(=O)O.Cc1ccc(OCC2(C)CCCCC2)cc1. The minimum Gasteiger partial charge on any atom is -0.493 e. The summed E-state index contributed by atoms with van der Waals surface area (Å²) in [7, 11) is 0. The first kappa shape index (κ1) is 40.2.